The second-order valence-corrected chi connectivity index (χ2v) is 3.31. The molecule has 0 aliphatic carbocycles. The number of fused-ring (bicyclic) bond motifs is 1. The molecule has 0 saturated heterocycles. The maximum absolute atomic E-state index is 11.4. The highest BCUT2D eigenvalue weighted by atomic mass is 16.6. The molecule has 1 aromatic rings. The molecular weight excluding hydrogens is 200 g/mol. The van der Waals surface area contributed by atoms with E-state index in [4.69, 9.17) is 9.26 Å². The summed E-state index contributed by atoms with van der Waals surface area (Å²) in [7, 11) is 0. The minimum absolute atomic E-state index is 0.200. The highest BCUT2D eigenvalue weighted by Gasteiger charge is 2.26. The largest absolute Gasteiger partial charge is 0.450 e. The molecule has 0 spiro atoms. The van der Waals surface area contributed by atoms with Gasteiger partial charge in [0.2, 0.25) is 0 Å². The van der Waals surface area contributed by atoms with Crippen molar-refractivity contribution in [1.82, 2.24) is 10.1 Å². The van der Waals surface area contributed by atoms with Crippen molar-refractivity contribution in [3.8, 4) is 0 Å². The second kappa shape index (κ2) is 3.80. The number of aromatic amines is 1. The number of H-pyrrole nitrogens is 1. The Bertz CT molecular complexity index is 420. The summed E-state index contributed by atoms with van der Waals surface area (Å²) < 4.78 is 9.82. The van der Waals surface area contributed by atoms with Crippen LogP contribution < -0.4 is 5.56 Å². The number of ether oxygens (including phenoxy) is 1. The van der Waals surface area contributed by atoms with Crippen LogP contribution in [0.15, 0.2) is 9.32 Å². The van der Waals surface area contributed by atoms with Crippen molar-refractivity contribution in [2.45, 2.75) is 19.9 Å². The lowest BCUT2D eigenvalue weighted by Crippen LogP contribution is -2.37. The van der Waals surface area contributed by atoms with E-state index in [1.54, 1.807) is 6.92 Å². The number of rotatable bonds is 1. The number of hydrogen-bond donors (Lipinski definition) is 1. The molecule has 6 heteroatoms. The van der Waals surface area contributed by atoms with E-state index < -0.39 is 0 Å². The molecule has 1 aromatic heterocycles. The molecule has 1 amide bonds. The minimum atomic E-state index is -0.369. The van der Waals surface area contributed by atoms with E-state index in [0.29, 0.717) is 37.4 Å². The molecule has 15 heavy (non-hydrogen) atoms. The van der Waals surface area contributed by atoms with Gasteiger partial charge >= 0.3 is 6.09 Å². The third-order valence-electron chi connectivity index (χ3n) is 2.37. The van der Waals surface area contributed by atoms with Gasteiger partial charge in [0.1, 0.15) is 0 Å². The molecular formula is C9H12N2O4. The Morgan fingerprint density at radius 3 is 3.20 bits per heavy atom. The molecule has 0 radical (unpaired) electrons. The monoisotopic (exact) mass is 212 g/mol. The summed E-state index contributed by atoms with van der Waals surface area (Å²) in [6.45, 7) is 2.89. The fourth-order valence-electron chi connectivity index (χ4n) is 1.61. The number of aromatic nitrogens is 1. The molecule has 0 fully saturated rings. The molecule has 0 aromatic carbocycles. The first-order valence-electron chi connectivity index (χ1n) is 4.83. The predicted octanol–water partition coefficient (Wildman–Crippen LogP) is 0.482. The molecule has 0 unspecified atom stereocenters. The van der Waals surface area contributed by atoms with Gasteiger partial charge in [0.15, 0.2) is 5.76 Å². The van der Waals surface area contributed by atoms with Crippen LogP contribution >= 0.6 is 0 Å². The van der Waals surface area contributed by atoms with Crippen LogP contribution in [0.5, 0.6) is 0 Å². The third kappa shape index (κ3) is 1.74. The summed E-state index contributed by atoms with van der Waals surface area (Å²) in [5.41, 5.74) is 0.434. The number of nitrogens with one attached hydrogen (secondary N) is 1. The van der Waals surface area contributed by atoms with Crippen molar-refractivity contribution in [3.05, 3.63) is 21.7 Å². The second-order valence-electron chi connectivity index (χ2n) is 3.31. The van der Waals surface area contributed by atoms with Crippen LogP contribution in [0.25, 0.3) is 0 Å². The molecule has 2 rings (SSSR count). The van der Waals surface area contributed by atoms with Gasteiger partial charge in [-0.25, -0.2) is 4.79 Å². The summed E-state index contributed by atoms with van der Waals surface area (Å²) in [5.74, 6) is 0.527. The lowest BCUT2D eigenvalue weighted by molar-refractivity contribution is 0.0980. The number of amides is 1. The maximum Gasteiger partial charge on any atom is 0.410 e. The maximum atomic E-state index is 11.4. The van der Waals surface area contributed by atoms with Crippen LogP contribution in [0.3, 0.4) is 0 Å². The first kappa shape index (κ1) is 9.82. The highest BCUT2D eigenvalue weighted by Crippen LogP contribution is 2.15. The number of nitrogens with zero attached hydrogens (tertiary/aromatic N) is 1. The van der Waals surface area contributed by atoms with E-state index in [1.807, 2.05) is 0 Å². The van der Waals surface area contributed by atoms with Crippen molar-refractivity contribution in [2.24, 2.45) is 0 Å². The molecule has 82 valence electrons. The van der Waals surface area contributed by atoms with Gasteiger partial charge in [0.25, 0.3) is 5.56 Å². The van der Waals surface area contributed by atoms with Gasteiger partial charge in [-0.1, -0.05) is 0 Å². The third-order valence-corrected chi connectivity index (χ3v) is 2.37. The van der Waals surface area contributed by atoms with Gasteiger partial charge in [0.05, 0.1) is 18.7 Å². The van der Waals surface area contributed by atoms with Crippen molar-refractivity contribution < 1.29 is 14.1 Å². The molecule has 1 N–H and O–H groups in total. The van der Waals surface area contributed by atoms with Crippen molar-refractivity contribution >= 4 is 6.09 Å². The zero-order valence-electron chi connectivity index (χ0n) is 8.41. The number of carbonyl (C=O) groups is 1. The molecule has 0 atom stereocenters. The number of carbonyl (C=O) groups excluding carboxylic acids is 1. The van der Waals surface area contributed by atoms with Crippen molar-refractivity contribution in [1.29, 1.82) is 0 Å². The molecule has 0 saturated carbocycles. The van der Waals surface area contributed by atoms with Crippen LogP contribution in [0, 0.1) is 0 Å². The number of hydrogen-bond acceptors (Lipinski definition) is 4. The smallest absolute Gasteiger partial charge is 0.410 e. The summed E-state index contributed by atoms with van der Waals surface area (Å²) in [4.78, 5) is 24.1. The zero-order valence-corrected chi connectivity index (χ0v) is 8.41. The standard InChI is InChI=1S/C9H12N2O4/c1-2-14-9(13)11-4-3-6-7(5-11)15-10-8(6)12/h2-5H2,1H3,(H,10,12). The Hall–Kier alpha value is -1.72. The normalized spacial score (nSPS) is 14.9. The summed E-state index contributed by atoms with van der Waals surface area (Å²) in [6.07, 6.45) is 0.145. The van der Waals surface area contributed by atoms with Gasteiger partial charge in [-0.2, -0.15) is 5.16 Å². The van der Waals surface area contributed by atoms with Gasteiger partial charge < -0.3 is 14.2 Å². The van der Waals surface area contributed by atoms with Gasteiger partial charge in [0, 0.05) is 6.54 Å². The first-order valence-corrected chi connectivity index (χ1v) is 4.83. The molecule has 1 aliphatic rings. The average molecular weight is 212 g/mol. The van der Waals surface area contributed by atoms with E-state index in [0.717, 1.165) is 0 Å². The van der Waals surface area contributed by atoms with E-state index >= 15 is 0 Å². The fraction of sp³-hybridized carbons (Fsp3) is 0.556. The van der Waals surface area contributed by atoms with E-state index in [-0.39, 0.29) is 11.7 Å². The van der Waals surface area contributed by atoms with Crippen molar-refractivity contribution in [3.63, 3.8) is 0 Å². The topological polar surface area (TPSA) is 75.5 Å². The van der Waals surface area contributed by atoms with E-state index in [2.05, 4.69) is 5.16 Å². The fourth-order valence-corrected chi connectivity index (χ4v) is 1.61. The van der Waals surface area contributed by atoms with Crippen LogP contribution in [0.2, 0.25) is 0 Å². The first-order chi connectivity index (χ1) is 7.22. The minimum Gasteiger partial charge on any atom is -0.450 e. The molecule has 0 bridgehead atoms. The quantitative estimate of drug-likeness (QED) is 0.734. The summed E-state index contributed by atoms with van der Waals surface area (Å²) in [5, 5.41) is 2.26. The van der Waals surface area contributed by atoms with Crippen molar-refractivity contribution in [2.75, 3.05) is 13.2 Å². The van der Waals surface area contributed by atoms with Crippen LogP contribution in [0.4, 0.5) is 4.79 Å². The van der Waals surface area contributed by atoms with Crippen LogP contribution in [0.1, 0.15) is 18.2 Å². The van der Waals surface area contributed by atoms with E-state index in [9.17, 15) is 9.59 Å². The van der Waals surface area contributed by atoms with Crippen LogP contribution in [-0.2, 0) is 17.7 Å². The Kier molecular flexibility index (Phi) is 2.49. The average Bonchev–Trinajstić information content (AvgIpc) is 2.60. The van der Waals surface area contributed by atoms with Gasteiger partial charge in [-0.05, 0) is 13.3 Å². The Balaban J connectivity index is 2.12. The predicted molar refractivity (Wildman–Crippen MR) is 50.5 cm³/mol. The lowest BCUT2D eigenvalue weighted by Gasteiger charge is -2.23. The SMILES string of the molecule is CCOC(=O)N1CCc2c(o[nH]c2=O)C1. The highest BCUT2D eigenvalue weighted by molar-refractivity contribution is 5.67. The lowest BCUT2D eigenvalue weighted by atomic mass is 10.1. The Labute approximate surface area is 85.8 Å². The summed E-state index contributed by atoms with van der Waals surface area (Å²) >= 11 is 0. The molecule has 2 heterocycles. The zero-order chi connectivity index (χ0) is 10.8. The molecule has 1 aliphatic heterocycles. The Morgan fingerprint density at radius 1 is 1.67 bits per heavy atom. The van der Waals surface area contributed by atoms with Gasteiger partial charge in [-0.15, -0.1) is 0 Å². The van der Waals surface area contributed by atoms with Crippen LogP contribution in [-0.4, -0.2) is 29.3 Å². The molecule has 6 nitrogen and oxygen atoms in total. The van der Waals surface area contributed by atoms with Gasteiger partial charge in [-0.3, -0.25) is 4.79 Å². The Morgan fingerprint density at radius 2 is 2.47 bits per heavy atom. The summed E-state index contributed by atoms with van der Waals surface area (Å²) in [6, 6.07) is 0. The van der Waals surface area contributed by atoms with E-state index in [1.165, 1.54) is 4.90 Å².